The molecule has 0 heterocycles. The summed E-state index contributed by atoms with van der Waals surface area (Å²) in [5.74, 6) is -0.163. The molecule has 0 saturated heterocycles. The summed E-state index contributed by atoms with van der Waals surface area (Å²) in [7, 11) is 0. The SMILES string of the molecule is Cc1cc(C)cc(NCc2ccccc2F)c1. The van der Waals surface area contributed by atoms with Gasteiger partial charge in [0.15, 0.2) is 0 Å². The first-order valence-corrected chi connectivity index (χ1v) is 5.71. The van der Waals surface area contributed by atoms with Gasteiger partial charge in [0, 0.05) is 17.8 Å². The first kappa shape index (κ1) is 11.6. The smallest absolute Gasteiger partial charge is 0.128 e. The maximum atomic E-state index is 13.4. The molecule has 2 aromatic carbocycles. The third-order valence-corrected chi connectivity index (χ3v) is 2.66. The molecule has 0 aromatic heterocycles. The Morgan fingerprint density at radius 2 is 1.65 bits per heavy atom. The highest BCUT2D eigenvalue weighted by molar-refractivity contribution is 5.48. The first-order valence-electron chi connectivity index (χ1n) is 5.71. The molecule has 88 valence electrons. The third-order valence-electron chi connectivity index (χ3n) is 2.66. The number of anilines is 1. The summed E-state index contributed by atoms with van der Waals surface area (Å²) in [6.45, 7) is 4.62. The normalized spacial score (nSPS) is 10.3. The summed E-state index contributed by atoms with van der Waals surface area (Å²) in [6.07, 6.45) is 0. The minimum absolute atomic E-state index is 0.163. The molecular weight excluding hydrogens is 213 g/mol. The maximum absolute atomic E-state index is 13.4. The van der Waals surface area contributed by atoms with Crippen molar-refractivity contribution in [1.29, 1.82) is 0 Å². The second-order valence-corrected chi connectivity index (χ2v) is 4.32. The molecular formula is C15H16FN. The first-order chi connectivity index (χ1) is 8.15. The van der Waals surface area contributed by atoms with Gasteiger partial charge in [-0.2, -0.15) is 0 Å². The monoisotopic (exact) mass is 229 g/mol. The zero-order valence-electron chi connectivity index (χ0n) is 10.1. The van der Waals surface area contributed by atoms with E-state index in [0.29, 0.717) is 12.1 Å². The fourth-order valence-electron chi connectivity index (χ4n) is 1.92. The van der Waals surface area contributed by atoms with Gasteiger partial charge in [0.2, 0.25) is 0 Å². The van der Waals surface area contributed by atoms with E-state index >= 15 is 0 Å². The van der Waals surface area contributed by atoms with Crippen LogP contribution in [0.4, 0.5) is 10.1 Å². The molecule has 2 heteroatoms. The Morgan fingerprint density at radius 1 is 1.00 bits per heavy atom. The van der Waals surface area contributed by atoms with Crippen molar-refractivity contribution >= 4 is 5.69 Å². The fraction of sp³-hybridized carbons (Fsp3) is 0.200. The maximum Gasteiger partial charge on any atom is 0.128 e. The predicted molar refractivity (Wildman–Crippen MR) is 69.6 cm³/mol. The molecule has 0 aliphatic rings. The minimum atomic E-state index is -0.163. The van der Waals surface area contributed by atoms with Gasteiger partial charge in [-0.1, -0.05) is 24.3 Å². The molecule has 17 heavy (non-hydrogen) atoms. The Labute approximate surface area is 101 Å². The van der Waals surface area contributed by atoms with Crippen LogP contribution in [0.1, 0.15) is 16.7 Å². The van der Waals surface area contributed by atoms with E-state index in [2.05, 4.69) is 37.4 Å². The number of benzene rings is 2. The van der Waals surface area contributed by atoms with E-state index in [9.17, 15) is 4.39 Å². The topological polar surface area (TPSA) is 12.0 Å². The summed E-state index contributed by atoms with van der Waals surface area (Å²) < 4.78 is 13.4. The highest BCUT2D eigenvalue weighted by Gasteiger charge is 2.00. The predicted octanol–water partition coefficient (Wildman–Crippen LogP) is 4.05. The minimum Gasteiger partial charge on any atom is -0.381 e. The van der Waals surface area contributed by atoms with Crippen molar-refractivity contribution in [3.8, 4) is 0 Å². The molecule has 0 amide bonds. The van der Waals surface area contributed by atoms with Crippen LogP contribution in [0.15, 0.2) is 42.5 Å². The van der Waals surface area contributed by atoms with Crippen molar-refractivity contribution in [2.45, 2.75) is 20.4 Å². The fourth-order valence-corrected chi connectivity index (χ4v) is 1.92. The zero-order valence-corrected chi connectivity index (χ0v) is 10.1. The molecule has 0 atom stereocenters. The lowest BCUT2D eigenvalue weighted by Gasteiger charge is -2.09. The number of halogens is 1. The van der Waals surface area contributed by atoms with Crippen LogP contribution < -0.4 is 5.32 Å². The van der Waals surface area contributed by atoms with Crippen molar-refractivity contribution in [1.82, 2.24) is 0 Å². The second-order valence-electron chi connectivity index (χ2n) is 4.32. The van der Waals surface area contributed by atoms with Gasteiger partial charge >= 0.3 is 0 Å². The summed E-state index contributed by atoms with van der Waals surface area (Å²) in [5.41, 5.74) is 4.14. The molecule has 0 saturated carbocycles. The Bertz CT molecular complexity index is 500. The summed E-state index contributed by atoms with van der Waals surface area (Å²) >= 11 is 0. The molecule has 0 aliphatic heterocycles. The molecule has 1 N–H and O–H groups in total. The Balaban J connectivity index is 2.10. The third kappa shape index (κ3) is 3.06. The van der Waals surface area contributed by atoms with Crippen LogP contribution in [0.2, 0.25) is 0 Å². The van der Waals surface area contributed by atoms with E-state index in [4.69, 9.17) is 0 Å². The van der Waals surface area contributed by atoms with Gasteiger partial charge in [0.05, 0.1) is 0 Å². The number of hydrogen-bond donors (Lipinski definition) is 1. The van der Waals surface area contributed by atoms with Crippen molar-refractivity contribution < 1.29 is 4.39 Å². The highest BCUT2D eigenvalue weighted by atomic mass is 19.1. The molecule has 2 aromatic rings. The molecule has 1 nitrogen and oxygen atoms in total. The summed E-state index contributed by atoms with van der Waals surface area (Å²) in [5, 5.41) is 3.24. The van der Waals surface area contributed by atoms with Gasteiger partial charge < -0.3 is 5.32 Å². The van der Waals surface area contributed by atoms with Gasteiger partial charge in [-0.25, -0.2) is 4.39 Å². The van der Waals surface area contributed by atoms with Crippen molar-refractivity contribution in [2.75, 3.05) is 5.32 Å². The lowest BCUT2D eigenvalue weighted by molar-refractivity contribution is 0.613. The van der Waals surface area contributed by atoms with Crippen molar-refractivity contribution in [2.24, 2.45) is 0 Å². The van der Waals surface area contributed by atoms with Crippen LogP contribution in [0, 0.1) is 19.7 Å². The Morgan fingerprint density at radius 3 is 2.29 bits per heavy atom. The Hall–Kier alpha value is -1.83. The van der Waals surface area contributed by atoms with E-state index in [0.717, 1.165) is 5.69 Å². The van der Waals surface area contributed by atoms with Crippen LogP contribution in [0.5, 0.6) is 0 Å². The van der Waals surface area contributed by atoms with Crippen molar-refractivity contribution in [3.63, 3.8) is 0 Å². The van der Waals surface area contributed by atoms with Gasteiger partial charge in [-0.05, 0) is 43.2 Å². The molecule has 0 fully saturated rings. The van der Waals surface area contributed by atoms with Crippen LogP contribution in [-0.2, 0) is 6.54 Å². The van der Waals surface area contributed by atoms with E-state index in [1.54, 1.807) is 12.1 Å². The standard InChI is InChI=1S/C15H16FN/c1-11-7-12(2)9-14(8-11)17-10-13-5-3-4-6-15(13)16/h3-9,17H,10H2,1-2H3. The molecule has 2 rings (SSSR count). The van der Waals surface area contributed by atoms with Crippen LogP contribution >= 0.6 is 0 Å². The quantitative estimate of drug-likeness (QED) is 0.837. The van der Waals surface area contributed by atoms with Crippen LogP contribution in [0.25, 0.3) is 0 Å². The van der Waals surface area contributed by atoms with Crippen molar-refractivity contribution in [3.05, 3.63) is 65.0 Å². The molecule has 0 aliphatic carbocycles. The summed E-state index contributed by atoms with van der Waals surface area (Å²) in [6, 6.07) is 13.1. The average Bonchev–Trinajstić information content (AvgIpc) is 2.27. The number of hydrogen-bond acceptors (Lipinski definition) is 1. The van der Waals surface area contributed by atoms with Crippen LogP contribution in [0.3, 0.4) is 0 Å². The Kier molecular flexibility index (Phi) is 3.43. The van der Waals surface area contributed by atoms with Gasteiger partial charge in [-0.15, -0.1) is 0 Å². The van der Waals surface area contributed by atoms with E-state index in [-0.39, 0.29) is 5.82 Å². The number of aryl methyl sites for hydroxylation is 2. The second kappa shape index (κ2) is 5.00. The molecule has 0 unspecified atom stereocenters. The number of nitrogens with one attached hydrogen (secondary N) is 1. The van der Waals surface area contributed by atoms with E-state index in [1.165, 1.54) is 17.2 Å². The lowest BCUT2D eigenvalue weighted by atomic mass is 10.1. The summed E-state index contributed by atoms with van der Waals surface area (Å²) in [4.78, 5) is 0. The van der Waals surface area contributed by atoms with E-state index < -0.39 is 0 Å². The van der Waals surface area contributed by atoms with Gasteiger partial charge in [-0.3, -0.25) is 0 Å². The van der Waals surface area contributed by atoms with Crippen LogP contribution in [-0.4, -0.2) is 0 Å². The average molecular weight is 229 g/mol. The molecule has 0 radical (unpaired) electrons. The van der Waals surface area contributed by atoms with E-state index in [1.807, 2.05) is 6.07 Å². The molecule has 0 bridgehead atoms. The van der Waals surface area contributed by atoms with Gasteiger partial charge in [0.1, 0.15) is 5.82 Å². The number of rotatable bonds is 3. The molecule has 0 spiro atoms. The zero-order chi connectivity index (χ0) is 12.3. The largest absolute Gasteiger partial charge is 0.381 e. The highest BCUT2D eigenvalue weighted by Crippen LogP contribution is 2.15. The lowest BCUT2D eigenvalue weighted by Crippen LogP contribution is -2.02. The van der Waals surface area contributed by atoms with Gasteiger partial charge in [0.25, 0.3) is 0 Å².